The molecule has 0 aliphatic carbocycles. The fourth-order valence-electron chi connectivity index (χ4n) is 3.03. The lowest BCUT2D eigenvalue weighted by Crippen LogP contribution is -2.01. The number of aromatic nitrogens is 1. The van der Waals surface area contributed by atoms with E-state index in [1.54, 1.807) is 0 Å². The first-order valence-electron chi connectivity index (χ1n) is 7.66. The van der Waals surface area contributed by atoms with E-state index < -0.39 is 0 Å². The Morgan fingerprint density at radius 2 is 1.37 bits per heavy atom. The Balaban J connectivity index is 2.91. The minimum atomic E-state index is 0.938. The van der Waals surface area contributed by atoms with Gasteiger partial charge in [0.15, 0.2) is 5.58 Å². The Morgan fingerprint density at radius 1 is 0.737 bits per heavy atom. The minimum absolute atomic E-state index is 0.938. The van der Waals surface area contributed by atoms with Crippen LogP contribution in [0.25, 0.3) is 11.0 Å². The maximum absolute atomic E-state index is 6.14. The smallest absolute Gasteiger partial charge is 0.156 e. The molecule has 2 rings (SSSR count). The van der Waals surface area contributed by atoms with E-state index in [0.717, 1.165) is 49.1 Å². The van der Waals surface area contributed by atoms with Gasteiger partial charge in [-0.25, -0.2) is 0 Å². The summed E-state index contributed by atoms with van der Waals surface area (Å²) in [5, 5.41) is 1.37. The van der Waals surface area contributed by atoms with Crippen molar-refractivity contribution >= 4 is 11.0 Å². The van der Waals surface area contributed by atoms with Gasteiger partial charge in [0.25, 0.3) is 0 Å². The van der Waals surface area contributed by atoms with Crippen LogP contribution in [0.2, 0.25) is 0 Å². The molecule has 104 valence electrons. The molecule has 0 unspecified atom stereocenters. The Labute approximate surface area is 116 Å². The van der Waals surface area contributed by atoms with Gasteiger partial charge >= 0.3 is 0 Å². The number of aryl methyl sites for hydroxylation is 5. The normalized spacial score (nSPS) is 11.4. The quantitative estimate of drug-likeness (QED) is 0.781. The monoisotopic (exact) mass is 259 g/mol. The fraction of sp³-hybridized carbons (Fsp3) is 0.588. The molecule has 0 saturated carbocycles. The molecule has 0 bridgehead atoms. The lowest BCUT2D eigenvalue weighted by atomic mass is 9.97. The molecule has 2 heteroatoms. The van der Waals surface area contributed by atoms with Crippen LogP contribution in [0, 0.1) is 0 Å². The summed E-state index contributed by atoms with van der Waals surface area (Å²) in [6.45, 7) is 11.0. The standard InChI is InChI=1S/C17H25NO/c1-6-11-13(8-3)18-14(9-4)17-16(11)12(7-2)15(10-5)19-17/h6-10H2,1-5H3. The summed E-state index contributed by atoms with van der Waals surface area (Å²) in [4.78, 5) is 4.84. The van der Waals surface area contributed by atoms with Gasteiger partial charge in [0, 0.05) is 23.1 Å². The van der Waals surface area contributed by atoms with Crippen molar-refractivity contribution in [1.82, 2.24) is 4.98 Å². The molecular weight excluding hydrogens is 234 g/mol. The van der Waals surface area contributed by atoms with Gasteiger partial charge in [0.05, 0.1) is 5.69 Å². The van der Waals surface area contributed by atoms with Crippen molar-refractivity contribution < 1.29 is 4.42 Å². The molecule has 2 aromatic heterocycles. The summed E-state index contributed by atoms with van der Waals surface area (Å²) < 4.78 is 6.14. The lowest BCUT2D eigenvalue weighted by Gasteiger charge is -2.10. The van der Waals surface area contributed by atoms with Gasteiger partial charge in [0.1, 0.15) is 5.76 Å². The van der Waals surface area contributed by atoms with Crippen molar-refractivity contribution in [3.8, 4) is 0 Å². The largest absolute Gasteiger partial charge is 0.459 e. The van der Waals surface area contributed by atoms with Gasteiger partial charge in [-0.15, -0.1) is 0 Å². The van der Waals surface area contributed by atoms with Crippen molar-refractivity contribution in [2.45, 2.75) is 66.7 Å². The third kappa shape index (κ3) is 2.18. The average molecular weight is 259 g/mol. The summed E-state index contributed by atoms with van der Waals surface area (Å²) in [7, 11) is 0. The first-order valence-corrected chi connectivity index (χ1v) is 7.66. The van der Waals surface area contributed by atoms with Gasteiger partial charge in [-0.3, -0.25) is 4.98 Å². The highest BCUT2D eigenvalue weighted by Crippen LogP contribution is 2.33. The number of furan rings is 1. The number of nitrogens with zero attached hydrogens (tertiary/aromatic N) is 1. The average Bonchev–Trinajstić information content (AvgIpc) is 2.83. The second-order valence-corrected chi connectivity index (χ2v) is 4.96. The maximum atomic E-state index is 6.14. The second-order valence-electron chi connectivity index (χ2n) is 4.96. The second kappa shape index (κ2) is 5.77. The molecule has 19 heavy (non-hydrogen) atoms. The topological polar surface area (TPSA) is 26.0 Å². The number of hydrogen-bond acceptors (Lipinski definition) is 2. The lowest BCUT2D eigenvalue weighted by molar-refractivity contribution is 0.545. The van der Waals surface area contributed by atoms with Crippen LogP contribution >= 0.6 is 0 Å². The molecule has 0 atom stereocenters. The Kier molecular flexibility index (Phi) is 4.28. The maximum Gasteiger partial charge on any atom is 0.156 e. The van der Waals surface area contributed by atoms with E-state index >= 15 is 0 Å². The zero-order chi connectivity index (χ0) is 14.0. The minimum Gasteiger partial charge on any atom is -0.459 e. The van der Waals surface area contributed by atoms with E-state index in [1.165, 1.54) is 22.2 Å². The molecule has 0 aromatic carbocycles. The van der Waals surface area contributed by atoms with Crippen LogP contribution in [0.1, 0.15) is 62.9 Å². The highest BCUT2D eigenvalue weighted by molar-refractivity contribution is 5.88. The predicted molar refractivity (Wildman–Crippen MR) is 80.9 cm³/mol. The molecule has 0 spiro atoms. The van der Waals surface area contributed by atoms with Crippen LogP contribution in [-0.2, 0) is 32.1 Å². The van der Waals surface area contributed by atoms with Crippen molar-refractivity contribution in [2.24, 2.45) is 0 Å². The Hall–Kier alpha value is -1.31. The van der Waals surface area contributed by atoms with Crippen LogP contribution < -0.4 is 0 Å². The first-order chi connectivity index (χ1) is 9.21. The third-order valence-corrected chi connectivity index (χ3v) is 3.97. The molecule has 0 radical (unpaired) electrons. The predicted octanol–water partition coefficient (Wildman–Crippen LogP) is 4.64. The van der Waals surface area contributed by atoms with E-state index in [0.29, 0.717) is 0 Å². The molecule has 0 saturated heterocycles. The third-order valence-electron chi connectivity index (χ3n) is 3.97. The van der Waals surface area contributed by atoms with Crippen LogP contribution in [0.3, 0.4) is 0 Å². The summed E-state index contributed by atoms with van der Waals surface area (Å²) in [5.41, 5.74) is 6.23. The van der Waals surface area contributed by atoms with E-state index in [2.05, 4.69) is 34.6 Å². The number of fused-ring (bicyclic) bond motifs is 1. The molecule has 0 aliphatic rings. The van der Waals surface area contributed by atoms with Gasteiger partial charge in [-0.2, -0.15) is 0 Å². The van der Waals surface area contributed by atoms with E-state index in [4.69, 9.17) is 9.40 Å². The summed E-state index contributed by atoms with van der Waals surface area (Å²) in [6, 6.07) is 0. The van der Waals surface area contributed by atoms with Gasteiger partial charge in [-0.05, 0) is 31.2 Å². The van der Waals surface area contributed by atoms with Crippen LogP contribution in [0.15, 0.2) is 4.42 Å². The summed E-state index contributed by atoms with van der Waals surface area (Å²) in [6.07, 6.45) is 4.98. The van der Waals surface area contributed by atoms with Gasteiger partial charge in [-0.1, -0.05) is 34.6 Å². The Morgan fingerprint density at radius 3 is 1.84 bits per heavy atom. The summed E-state index contributed by atoms with van der Waals surface area (Å²) in [5.74, 6) is 1.15. The Bertz CT molecular complexity index is 581. The molecule has 0 amide bonds. The van der Waals surface area contributed by atoms with Crippen molar-refractivity contribution in [1.29, 1.82) is 0 Å². The van der Waals surface area contributed by atoms with E-state index in [9.17, 15) is 0 Å². The van der Waals surface area contributed by atoms with E-state index in [1.807, 2.05) is 0 Å². The number of rotatable bonds is 5. The molecule has 2 heterocycles. The molecule has 0 aliphatic heterocycles. The van der Waals surface area contributed by atoms with Crippen molar-refractivity contribution in [2.75, 3.05) is 0 Å². The SMILES string of the molecule is CCc1nc(CC)c2oc(CC)c(CC)c2c1CC. The highest BCUT2D eigenvalue weighted by Gasteiger charge is 2.20. The molecule has 0 N–H and O–H groups in total. The van der Waals surface area contributed by atoms with Gasteiger partial charge in [0.2, 0.25) is 0 Å². The molecule has 2 nitrogen and oxygen atoms in total. The van der Waals surface area contributed by atoms with Gasteiger partial charge < -0.3 is 4.42 Å². The molecule has 0 fully saturated rings. The van der Waals surface area contributed by atoms with Crippen LogP contribution in [0.4, 0.5) is 0 Å². The number of pyridine rings is 1. The zero-order valence-corrected chi connectivity index (χ0v) is 12.9. The van der Waals surface area contributed by atoms with Crippen LogP contribution in [-0.4, -0.2) is 4.98 Å². The fourth-order valence-corrected chi connectivity index (χ4v) is 3.03. The molecular formula is C17H25NO. The van der Waals surface area contributed by atoms with Crippen molar-refractivity contribution in [3.05, 3.63) is 28.3 Å². The summed E-state index contributed by atoms with van der Waals surface area (Å²) >= 11 is 0. The molecule has 2 aromatic rings. The van der Waals surface area contributed by atoms with Crippen LogP contribution in [0.5, 0.6) is 0 Å². The number of hydrogen-bond donors (Lipinski definition) is 0. The first kappa shape index (κ1) is 14.1. The van der Waals surface area contributed by atoms with Crippen molar-refractivity contribution in [3.63, 3.8) is 0 Å². The zero-order valence-electron chi connectivity index (χ0n) is 12.9. The highest BCUT2D eigenvalue weighted by atomic mass is 16.3. The van der Waals surface area contributed by atoms with E-state index in [-0.39, 0.29) is 0 Å².